The van der Waals surface area contributed by atoms with Crippen molar-refractivity contribution in [2.45, 2.75) is 13.3 Å². The van der Waals surface area contributed by atoms with Gasteiger partial charge in [0, 0.05) is 31.3 Å². The first-order valence-electron chi connectivity index (χ1n) is 8.17. The molecule has 0 saturated carbocycles. The average Bonchev–Trinajstić information content (AvgIpc) is 3.00. The molecule has 1 aliphatic heterocycles. The van der Waals surface area contributed by atoms with E-state index in [2.05, 4.69) is 10.6 Å². The van der Waals surface area contributed by atoms with Gasteiger partial charge in [-0.25, -0.2) is 4.39 Å². The molecule has 0 radical (unpaired) electrons. The first-order valence-corrected chi connectivity index (χ1v) is 8.17. The third-order valence-corrected chi connectivity index (χ3v) is 4.11. The van der Waals surface area contributed by atoms with E-state index in [9.17, 15) is 18.8 Å². The second kappa shape index (κ2) is 7.35. The van der Waals surface area contributed by atoms with Crippen LogP contribution >= 0.6 is 0 Å². The van der Waals surface area contributed by atoms with Crippen molar-refractivity contribution in [3.63, 3.8) is 0 Å². The number of hydrogen-bond donors (Lipinski definition) is 2. The molecule has 1 atom stereocenters. The lowest BCUT2D eigenvalue weighted by Crippen LogP contribution is -2.28. The first-order chi connectivity index (χ1) is 12.4. The number of nitrogens with zero attached hydrogens (tertiary/aromatic N) is 1. The Hall–Kier alpha value is -3.22. The van der Waals surface area contributed by atoms with Crippen LogP contribution in [0.15, 0.2) is 48.5 Å². The standard InChI is InChI=1S/C19H18FN3O3/c1-12(24)21-14-7-8-16(20)17(10-14)22-19(26)13-9-18(25)23(11-13)15-5-3-2-4-6-15/h2-8,10,13H,9,11H2,1H3,(H,21,24)(H,22,26). The SMILES string of the molecule is CC(=O)Nc1ccc(F)c(NC(=O)C2CC(=O)N(c3ccccc3)C2)c1. The van der Waals surface area contributed by atoms with Crippen molar-refractivity contribution in [2.75, 3.05) is 22.1 Å². The Labute approximate surface area is 150 Å². The minimum absolute atomic E-state index is 0.0353. The van der Waals surface area contributed by atoms with Gasteiger partial charge in [-0.2, -0.15) is 0 Å². The van der Waals surface area contributed by atoms with E-state index in [1.54, 1.807) is 17.0 Å². The Bertz CT molecular complexity index is 854. The molecule has 2 aromatic rings. The van der Waals surface area contributed by atoms with Gasteiger partial charge in [0.05, 0.1) is 11.6 Å². The highest BCUT2D eigenvalue weighted by Crippen LogP contribution is 2.27. The van der Waals surface area contributed by atoms with Gasteiger partial charge in [0.25, 0.3) is 0 Å². The lowest BCUT2D eigenvalue weighted by Gasteiger charge is -2.16. The number of hydrogen-bond acceptors (Lipinski definition) is 3. The molecule has 7 heteroatoms. The monoisotopic (exact) mass is 355 g/mol. The highest BCUT2D eigenvalue weighted by Gasteiger charge is 2.35. The molecule has 3 rings (SSSR count). The van der Waals surface area contributed by atoms with E-state index in [1.165, 1.54) is 19.1 Å². The van der Waals surface area contributed by atoms with E-state index in [4.69, 9.17) is 0 Å². The van der Waals surface area contributed by atoms with E-state index in [0.29, 0.717) is 5.69 Å². The third-order valence-electron chi connectivity index (χ3n) is 4.11. The fourth-order valence-electron chi connectivity index (χ4n) is 2.88. The van der Waals surface area contributed by atoms with E-state index in [0.717, 1.165) is 11.8 Å². The Morgan fingerprint density at radius 3 is 2.54 bits per heavy atom. The normalized spacial score (nSPS) is 16.5. The van der Waals surface area contributed by atoms with Crippen LogP contribution in [0.25, 0.3) is 0 Å². The lowest BCUT2D eigenvalue weighted by molar-refractivity contribution is -0.122. The minimum atomic E-state index is -0.614. The summed E-state index contributed by atoms with van der Waals surface area (Å²) in [6.45, 7) is 1.58. The van der Waals surface area contributed by atoms with Crippen molar-refractivity contribution in [1.82, 2.24) is 0 Å². The summed E-state index contributed by atoms with van der Waals surface area (Å²) in [7, 11) is 0. The molecule has 1 fully saturated rings. The number of carbonyl (C=O) groups is 3. The van der Waals surface area contributed by atoms with Crippen molar-refractivity contribution in [2.24, 2.45) is 5.92 Å². The Kier molecular flexibility index (Phi) is 4.97. The maximum Gasteiger partial charge on any atom is 0.229 e. The zero-order valence-corrected chi connectivity index (χ0v) is 14.2. The van der Waals surface area contributed by atoms with E-state index < -0.39 is 17.6 Å². The highest BCUT2D eigenvalue weighted by molar-refractivity contribution is 6.03. The van der Waals surface area contributed by atoms with Gasteiger partial charge in [0.15, 0.2) is 0 Å². The van der Waals surface area contributed by atoms with Gasteiger partial charge in [-0.1, -0.05) is 18.2 Å². The lowest BCUT2D eigenvalue weighted by atomic mass is 10.1. The molecule has 6 nitrogen and oxygen atoms in total. The van der Waals surface area contributed by atoms with Gasteiger partial charge < -0.3 is 15.5 Å². The number of carbonyl (C=O) groups excluding carboxylic acids is 3. The Morgan fingerprint density at radius 1 is 1.12 bits per heavy atom. The van der Waals surface area contributed by atoms with E-state index in [-0.39, 0.29) is 30.5 Å². The van der Waals surface area contributed by atoms with Crippen LogP contribution in [0.3, 0.4) is 0 Å². The van der Waals surface area contributed by atoms with Crippen LogP contribution in [0, 0.1) is 11.7 Å². The van der Waals surface area contributed by atoms with Gasteiger partial charge in [-0.15, -0.1) is 0 Å². The summed E-state index contributed by atoms with van der Waals surface area (Å²) in [6, 6.07) is 13.0. The van der Waals surface area contributed by atoms with Crippen LogP contribution in [0.5, 0.6) is 0 Å². The zero-order chi connectivity index (χ0) is 18.7. The number of benzene rings is 2. The summed E-state index contributed by atoms with van der Waals surface area (Å²) in [6.07, 6.45) is 0.0632. The second-order valence-corrected chi connectivity index (χ2v) is 6.11. The van der Waals surface area contributed by atoms with E-state index in [1.807, 2.05) is 18.2 Å². The van der Waals surface area contributed by atoms with Crippen LogP contribution in [0.4, 0.5) is 21.5 Å². The fraction of sp³-hybridized carbons (Fsp3) is 0.211. The molecule has 134 valence electrons. The molecule has 3 amide bonds. The van der Waals surface area contributed by atoms with Gasteiger partial charge in [0.1, 0.15) is 5.82 Å². The molecule has 26 heavy (non-hydrogen) atoms. The van der Waals surface area contributed by atoms with Crippen molar-refractivity contribution in [1.29, 1.82) is 0 Å². The second-order valence-electron chi connectivity index (χ2n) is 6.11. The molecule has 0 bridgehead atoms. The van der Waals surface area contributed by atoms with Gasteiger partial charge in [-0.05, 0) is 30.3 Å². The molecule has 2 N–H and O–H groups in total. The van der Waals surface area contributed by atoms with Crippen LogP contribution in [-0.2, 0) is 14.4 Å². The molecule has 0 aliphatic carbocycles. The van der Waals surface area contributed by atoms with Crippen LogP contribution in [-0.4, -0.2) is 24.3 Å². The molecular formula is C19H18FN3O3. The average molecular weight is 355 g/mol. The smallest absolute Gasteiger partial charge is 0.229 e. The molecule has 0 aromatic heterocycles. The van der Waals surface area contributed by atoms with Gasteiger partial charge in [0.2, 0.25) is 17.7 Å². The molecule has 0 spiro atoms. The van der Waals surface area contributed by atoms with Crippen molar-refractivity contribution in [3.05, 3.63) is 54.3 Å². The molecule has 1 unspecified atom stereocenters. The summed E-state index contributed by atoms with van der Waals surface area (Å²) < 4.78 is 14.0. The Morgan fingerprint density at radius 2 is 1.85 bits per heavy atom. The third kappa shape index (κ3) is 3.88. The number of amides is 3. The topological polar surface area (TPSA) is 78.5 Å². The zero-order valence-electron chi connectivity index (χ0n) is 14.2. The quantitative estimate of drug-likeness (QED) is 0.885. The number of nitrogens with one attached hydrogen (secondary N) is 2. The van der Waals surface area contributed by atoms with E-state index >= 15 is 0 Å². The number of rotatable bonds is 4. The summed E-state index contributed by atoms with van der Waals surface area (Å²) in [5.74, 6) is -2.07. The number of para-hydroxylation sites is 1. The summed E-state index contributed by atoms with van der Waals surface area (Å²) in [5.41, 5.74) is 1.07. The molecule has 2 aromatic carbocycles. The number of anilines is 3. The molecule has 1 heterocycles. The first kappa shape index (κ1) is 17.6. The maximum atomic E-state index is 14.0. The summed E-state index contributed by atoms with van der Waals surface area (Å²) in [4.78, 5) is 37.3. The highest BCUT2D eigenvalue weighted by atomic mass is 19.1. The molecular weight excluding hydrogens is 337 g/mol. The maximum absolute atomic E-state index is 14.0. The minimum Gasteiger partial charge on any atom is -0.326 e. The van der Waals surface area contributed by atoms with Crippen LogP contribution in [0.1, 0.15) is 13.3 Å². The summed E-state index contributed by atoms with van der Waals surface area (Å²) >= 11 is 0. The van der Waals surface area contributed by atoms with Gasteiger partial charge in [-0.3, -0.25) is 14.4 Å². The predicted octanol–water partition coefficient (Wildman–Crippen LogP) is 2.78. The largest absolute Gasteiger partial charge is 0.326 e. The van der Waals surface area contributed by atoms with Crippen molar-refractivity contribution < 1.29 is 18.8 Å². The fourth-order valence-corrected chi connectivity index (χ4v) is 2.88. The van der Waals surface area contributed by atoms with Crippen molar-refractivity contribution >= 4 is 34.8 Å². The van der Waals surface area contributed by atoms with Gasteiger partial charge >= 0.3 is 0 Å². The Balaban J connectivity index is 1.71. The van der Waals surface area contributed by atoms with Crippen LogP contribution in [0.2, 0.25) is 0 Å². The number of halogens is 1. The molecule has 1 saturated heterocycles. The van der Waals surface area contributed by atoms with Crippen LogP contribution < -0.4 is 15.5 Å². The van der Waals surface area contributed by atoms with Crippen molar-refractivity contribution in [3.8, 4) is 0 Å². The summed E-state index contributed by atoms with van der Waals surface area (Å²) in [5, 5.41) is 5.05. The molecule has 1 aliphatic rings. The predicted molar refractivity (Wildman–Crippen MR) is 96.2 cm³/mol.